The van der Waals surface area contributed by atoms with Crippen molar-refractivity contribution in [2.75, 3.05) is 5.32 Å². The molecular weight excluding hydrogens is 258 g/mol. The number of carboxylic acid groups (broad SMARTS) is 1. The van der Waals surface area contributed by atoms with Crippen LogP contribution in [0.5, 0.6) is 0 Å². The van der Waals surface area contributed by atoms with Gasteiger partial charge >= 0.3 is 12.0 Å². The first-order chi connectivity index (χ1) is 9.58. The number of carbonyl (C=O) groups is 2. The van der Waals surface area contributed by atoms with Crippen LogP contribution in [0.15, 0.2) is 18.3 Å². The second-order valence-electron chi connectivity index (χ2n) is 5.14. The van der Waals surface area contributed by atoms with E-state index < -0.39 is 5.97 Å². The molecule has 0 bridgehead atoms. The lowest BCUT2D eigenvalue weighted by atomic mass is 10.0. The molecular formula is C14H19N3O3. The van der Waals surface area contributed by atoms with Gasteiger partial charge in [0.15, 0.2) is 5.69 Å². The third-order valence-electron chi connectivity index (χ3n) is 3.72. The van der Waals surface area contributed by atoms with Gasteiger partial charge in [-0.2, -0.15) is 0 Å². The Kier molecular flexibility index (Phi) is 4.55. The number of urea groups is 1. The van der Waals surface area contributed by atoms with Gasteiger partial charge in [-0.05, 0) is 37.8 Å². The molecule has 0 aliphatic heterocycles. The molecule has 2 amide bonds. The summed E-state index contributed by atoms with van der Waals surface area (Å²) in [6, 6.07) is 2.81. The minimum absolute atomic E-state index is 0.0856. The van der Waals surface area contributed by atoms with Crippen molar-refractivity contribution in [2.24, 2.45) is 5.92 Å². The van der Waals surface area contributed by atoms with Crippen LogP contribution in [0.25, 0.3) is 0 Å². The number of hydrogen-bond donors (Lipinski definition) is 3. The minimum Gasteiger partial charge on any atom is -0.476 e. The van der Waals surface area contributed by atoms with Crippen LogP contribution < -0.4 is 10.6 Å². The van der Waals surface area contributed by atoms with Crippen LogP contribution in [0.4, 0.5) is 10.5 Å². The van der Waals surface area contributed by atoms with Crippen molar-refractivity contribution in [1.82, 2.24) is 10.3 Å². The molecule has 1 atom stereocenters. The maximum absolute atomic E-state index is 11.9. The molecule has 0 saturated heterocycles. The molecule has 1 aliphatic rings. The van der Waals surface area contributed by atoms with E-state index in [2.05, 4.69) is 15.6 Å². The van der Waals surface area contributed by atoms with Gasteiger partial charge in [0.25, 0.3) is 0 Å². The van der Waals surface area contributed by atoms with E-state index in [9.17, 15) is 9.59 Å². The highest BCUT2D eigenvalue weighted by molar-refractivity contribution is 5.98. The van der Waals surface area contributed by atoms with Crippen LogP contribution in [0.1, 0.15) is 43.1 Å². The zero-order valence-corrected chi connectivity index (χ0v) is 11.4. The molecule has 3 N–H and O–H groups in total. The highest BCUT2D eigenvalue weighted by Gasteiger charge is 2.23. The molecule has 108 valence electrons. The lowest BCUT2D eigenvalue weighted by Gasteiger charge is -2.20. The van der Waals surface area contributed by atoms with Gasteiger partial charge in [-0.25, -0.2) is 14.6 Å². The van der Waals surface area contributed by atoms with E-state index >= 15 is 0 Å². The summed E-state index contributed by atoms with van der Waals surface area (Å²) < 4.78 is 0. The predicted octanol–water partition coefficient (Wildman–Crippen LogP) is 2.48. The number of carboxylic acids is 1. The van der Waals surface area contributed by atoms with Gasteiger partial charge in [-0.15, -0.1) is 0 Å². The first-order valence-electron chi connectivity index (χ1n) is 6.83. The van der Waals surface area contributed by atoms with E-state index in [1.165, 1.54) is 25.1 Å². The smallest absolute Gasteiger partial charge is 0.356 e. The molecule has 0 aromatic carbocycles. The van der Waals surface area contributed by atoms with Crippen LogP contribution in [0.2, 0.25) is 0 Å². The second kappa shape index (κ2) is 6.36. The highest BCUT2D eigenvalue weighted by Crippen LogP contribution is 2.27. The number of amides is 2. The van der Waals surface area contributed by atoms with E-state index in [0.29, 0.717) is 5.92 Å². The molecule has 1 aliphatic carbocycles. The summed E-state index contributed by atoms with van der Waals surface area (Å²) in [5, 5.41) is 14.4. The topological polar surface area (TPSA) is 91.3 Å². The van der Waals surface area contributed by atoms with Gasteiger partial charge in [0, 0.05) is 12.2 Å². The fourth-order valence-corrected chi connectivity index (χ4v) is 2.62. The minimum atomic E-state index is -1.16. The Hall–Kier alpha value is -2.11. The van der Waals surface area contributed by atoms with E-state index in [1.54, 1.807) is 6.07 Å². The number of anilines is 1. The summed E-state index contributed by atoms with van der Waals surface area (Å²) in [5.41, 5.74) is 0.0484. The van der Waals surface area contributed by atoms with Crippen LogP contribution in [-0.4, -0.2) is 28.1 Å². The number of nitrogens with one attached hydrogen (secondary N) is 2. The maximum atomic E-state index is 11.9. The lowest BCUT2D eigenvalue weighted by Crippen LogP contribution is -2.40. The molecule has 0 radical (unpaired) electrons. The Morgan fingerprint density at radius 3 is 2.75 bits per heavy atom. The van der Waals surface area contributed by atoms with Crippen molar-refractivity contribution >= 4 is 17.7 Å². The molecule has 1 aromatic heterocycles. The van der Waals surface area contributed by atoms with Crippen molar-refractivity contribution in [2.45, 2.75) is 38.6 Å². The fourth-order valence-electron chi connectivity index (χ4n) is 2.62. The number of pyridine rings is 1. The molecule has 2 rings (SSSR count). The van der Waals surface area contributed by atoms with E-state index in [0.717, 1.165) is 12.8 Å². The third kappa shape index (κ3) is 3.46. The molecule has 1 unspecified atom stereocenters. The summed E-state index contributed by atoms with van der Waals surface area (Å²) >= 11 is 0. The summed E-state index contributed by atoms with van der Waals surface area (Å²) in [5.74, 6) is -0.654. The number of nitrogens with zero attached hydrogens (tertiary/aromatic N) is 1. The Labute approximate surface area is 117 Å². The monoisotopic (exact) mass is 277 g/mol. The summed E-state index contributed by atoms with van der Waals surface area (Å²) in [6.07, 6.45) is 6.07. The SMILES string of the molecule is CC(NC(=O)Nc1cccnc1C(=O)O)C1CCCC1. The predicted molar refractivity (Wildman–Crippen MR) is 74.8 cm³/mol. The van der Waals surface area contributed by atoms with Crippen LogP contribution in [0, 0.1) is 5.92 Å². The number of carbonyl (C=O) groups excluding carboxylic acids is 1. The van der Waals surface area contributed by atoms with Gasteiger partial charge in [0.1, 0.15) is 0 Å². The molecule has 6 nitrogen and oxygen atoms in total. The molecule has 6 heteroatoms. The van der Waals surface area contributed by atoms with Crippen LogP contribution in [-0.2, 0) is 0 Å². The first kappa shape index (κ1) is 14.3. The van der Waals surface area contributed by atoms with Gasteiger partial charge < -0.3 is 15.7 Å². The first-order valence-corrected chi connectivity index (χ1v) is 6.83. The standard InChI is InChI=1S/C14H19N3O3/c1-9(10-5-2-3-6-10)16-14(20)17-11-7-4-8-15-12(11)13(18)19/h4,7-10H,2-3,5-6H2,1H3,(H,18,19)(H2,16,17,20). The summed E-state index contributed by atoms with van der Waals surface area (Å²) in [6.45, 7) is 1.98. The van der Waals surface area contributed by atoms with Crippen LogP contribution in [0.3, 0.4) is 0 Å². The fraction of sp³-hybridized carbons (Fsp3) is 0.500. The normalized spacial score (nSPS) is 16.6. The maximum Gasteiger partial charge on any atom is 0.356 e. The van der Waals surface area contributed by atoms with Gasteiger partial charge in [0.05, 0.1) is 5.69 Å². The number of aromatic carboxylic acids is 1. The highest BCUT2D eigenvalue weighted by atomic mass is 16.4. The van der Waals surface area contributed by atoms with E-state index in [4.69, 9.17) is 5.11 Å². The number of aromatic nitrogens is 1. The van der Waals surface area contributed by atoms with Crippen molar-refractivity contribution in [3.8, 4) is 0 Å². The Morgan fingerprint density at radius 1 is 1.40 bits per heavy atom. The largest absolute Gasteiger partial charge is 0.476 e. The van der Waals surface area contributed by atoms with Crippen molar-refractivity contribution in [1.29, 1.82) is 0 Å². The van der Waals surface area contributed by atoms with E-state index in [1.807, 2.05) is 6.92 Å². The quantitative estimate of drug-likeness (QED) is 0.788. The van der Waals surface area contributed by atoms with Crippen molar-refractivity contribution in [3.63, 3.8) is 0 Å². The zero-order valence-electron chi connectivity index (χ0n) is 11.4. The van der Waals surface area contributed by atoms with Gasteiger partial charge in [-0.1, -0.05) is 12.8 Å². The van der Waals surface area contributed by atoms with Crippen molar-refractivity contribution < 1.29 is 14.7 Å². The molecule has 1 aromatic rings. The average Bonchev–Trinajstić information content (AvgIpc) is 2.92. The van der Waals surface area contributed by atoms with E-state index in [-0.39, 0.29) is 23.5 Å². The Balaban J connectivity index is 1.96. The molecule has 1 heterocycles. The molecule has 0 spiro atoms. The molecule has 20 heavy (non-hydrogen) atoms. The zero-order chi connectivity index (χ0) is 14.5. The number of hydrogen-bond acceptors (Lipinski definition) is 3. The molecule has 1 saturated carbocycles. The van der Waals surface area contributed by atoms with Gasteiger partial charge in [-0.3, -0.25) is 0 Å². The Bertz CT molecular complexity index is 498. The second-order valence-corrected chi connectivity index (χ2v) is 5.14. The van der Waals surface area contributed by atoms with Crippen molar-refractivity contribution in [3.05, 3.63) is 24.0 Å². The Morgan fingerprint density at radius 2 is 2.10 bits per heavy atom. The number of rotatable bonds is 4. The lowest BCUT2D eigenvalue weighted by molar-refractivity contribution is 0.0692. The van der Waals surface area contributed by atoms with Gasteiger partial charge in [0.2, 0.25) is 0 Å². The third-order valence-corrected chi connectivity index (χ3v) is 3.72. The average molecular weight is 277 g/mol. The van der Waals surface area contributed by atoms with Crippen LogP contribution >= 0.6 is 0 Å². The molecule has 1 fully saturated rings. The summed E-state index contributed by atoms with van der Waals surface area (Å²) in [4.78, 5) is 26.7. The summed E-state index contributed by atoms with van der Waals surface area (Å²) in [7, 11) is 0.